The number of benzene rings is 2. The molecule has 4 rings (SSSR count). The summed E-state index contributed by atoms with van der Waals surface area (Å²) in [4.78, 5) is 7.38. The smallest absolute Gasteiger partial charge is 0.0705 e. The normalized spacial score (nSPS) is 15.9. The van der Waals surface area contributed by atoms with Crippen LogP contribution in [0, 0.1) is 0 Å². The monoisotopic (exact) mass is 362 g/mol. The summed E-state index contributed by atoms with van der Waals surface area (Å²) in [6.07, 6.45) is 2.45. The fourth-order valence-electron chi connectivity index (χ4n) is 3.73. The molecule has 0 unspecified atom stereocenters. The van der Waals surface area contributed by atoms with Gasteiger partial charge in [0.2, 0.25) is 0 Å². The van der Waals surface area contributed by atoms with Crippen molar-refractivity contribution in [3.05, 3.63) is 89.1 Å². The summed E-state index contributed by atoms with van der Waals surface area (Å²) in [6.45, 7) is 3.18. The molecule has 3 heteroatoms. The molecule has 1 saturated heterocycles. The van der Waals surface area contributed by atoms with E-state index in [1.54, 1.807) is 0 Å². The Balaban J connectivity index is 1.39. The third kappa shape index (κ3) is 4.14. The Bertz CT molecular complexity index is 838. The third-order valence-corrected chi connectivity index (χ3v) is 5.44. The van der Waals surface area contributed by atoms with E-state index in [9.17, 15) is 0 Å². The van der Waals surface area contributed by atoms with Gasteiger partial charge in [0, 0.05) is 17.1 Å². The summed E-state index contributed by atoms with van der Waals surface area (Å²) in [5.74, 6) is 0.695. The molecule has 0 bridgehead atoms. The van der Waals surface area contributed by atoms with Crippen LogP contribution in [0.25, 0.3) is 11.3 Å². The fraction of sp³-hybridized carbons (Fsp3) is 0.261. The molecule has 26 heavy (non-hydrogen) atoms. The molecule has 0 N–H and O–H groups in total. The van der Waals surface area contributed by atoms with Crippen molar-refractivity contribution in [2.75, 3.05) is 13.1 Å². The number of hydrogen-bond donors (Lipinski definition) is 0. The standard InChI is InChI=1S/C23H23ClN2/c24-21-11-9-20(10-12-21)23-8-4-7-22(25-23)17-26-15-13-19(14-16-26)18-5-2-1-3-6-18/h1-12,19H,13-17H2. The number of aromatic nitrogens is 1. The Hall–Kier alpha value is -2.16. The average molecular weight is 363 g/mol. The number of halogens is 1. The zero-order valence-electron chi connectivity index (χ0n) is 14.8. The Labute approximate surface area is 160 Å². The molecule has 0 aliphatic carbocycles. The van der Waals surface area contributed by atoms with Gasteiger partial charge in [-0.1, -0.05) is 60.1 Å². The molecule has 2 nitrogen and oxygen atoms in total. The third-order valence-electron chi connectivity index (χ3n) is 5.19. The highest BCUT2D eigenvalue weighted by molar-refractivity contribution is 6.30. The highest BCUT2D eigenvalue weighted by atomic mass is 35.5. The Morgan fingerprint density at radius 2 is 1.58 bits per heavy atom. The van der Waals surface area contributed by atoms with E-state index in [1.807, 2.05) is 24.3 Å². The quantitative estimate of drug-likeness (QED) is 0.584. The SMILES string of the molecule is Clc1ccc(-c2cccc(CN3CCC(c4ccccc4)CC3)n2)cc1. The van der Waals surface area contributed by atoms with Crippen LogP contribution in [0.1, 0.15) is 30.0 Å². The van der Waals surface area contributed by atoms with E-state index in [-0.39, 0.29) is 0 Å². The van der Waals surface area contributed by atoms with Crippen LogP contribution >= 0.6 is 11.6 Å². The van der Waals surface area contributed by atoms with Gasteiger partial charge in [-0.05, 0) is 61.7 Å². The van der Waals surface area contributed by atoms with Crippen molar-refractivity contribution in [1.29, 1.82) is 0 Å². The summed E-state index contributed by atoms with van der Waals surface area (Å²) < 4.78 is 0. The second kappa shape index (κ2) is 8.03. The highest BCUT2D eigenvalue weighted by Crippen LogP contribution is 2.28. The molecule has 2 heterocycles. The van der Waals surface area contributed by atoms with Gasteiger partial charge >= 0.3 is 0 Å². The number of likely N-dealkylation sites (tertiary alicyclic amines) is 1. The fourth-order valence-corrected chi connectivity index (χ4v) is 3.85. The molecule has 1 aliphatic heterocycles. The van der Waals surface area contributed by atoms with Crippen molar-refractivity contribution in [2.45, 2.75) is 25.3 Å². The zero-order valence-corrected chi connectivity index (χ0v) is 15.6. The number of pyridine rings is 1. The van der Waals surface area contributed by atoms with Crippen molar-refractivity contribution in [3.63, 3.8) is 0 Å². The number of nitrogens with zero attached hydrogens (tertiary/aromatic N) is 2. The molecule has 1 fully saturated rings. The van der Waals surface area contributed by atoms with Crippen LogP contribution in [0.2, 0.25) is 5.02 Å². The van der Waals surface area contributed by atoms with Crippen LogP contribution in [-0.2, 0) is 6.54 Å². The number of piperidine rings is 1. The van der Waals surface area contributed by atoms with Crippen molar-refractivity contribution < 1.29 is 0 Å². The topological polar surface area (TPSA) is 16.1 Å². The molecular formula is C23H23ClN2. The molecule has 2 aromatic carbocycles. The van der Waals surface area contributed by atoms with Gasteiger partial charge in [-0.15, -0.1) is 0 Å². The second-order valence-electron chi connectivity index (χ2n) is 6.98. The molecular weight excluding hydrogens is 340 g/mol. The first-order chi connectivity index (χ1) is 12.8. The summed E-state index contributed by atoms with van der Waals surface area (Å²) in [6, 6.07) is 25.1. The lowest BCUT2D eigenvalue weighted by atomic mass is 9.89. The van der Waals surface area contributed by atoms with Crippen molar-refractivity contribution in [1.82, 2.24) is 9.88 Å². The molecule has 0 radical (unpaired) electrons. The van der Waals surface area contributed by atoms with Crippen molar-refractivity contribution in [3.8, 4) is 11.3 Å². The summed E-state index contributed by atoms with van der Waals surface area (Å²) in [5, 5.41) is 0.756. The zero-order chi connectivity index (χ0) is 17.8. The largest absolute Gasteiger partial charge is 0.297 e. The molecule has 1 aliphatic rings. The van der Waals surface area contributed by atoms with Crippen LogP contribution in [0.5, 0.6) is 0 Å². The first-order valence-electron chi connectivity index (χ1n) is 9.27. The maximum Gasteiger partial charge on any atom is 0.0705 e. The van der Waals surface area contributed by atoms with E-state index in [0.29, 0.717) is 5.92 Å². The van der Waals surface area contributed by atoms with E-state index in [0.717, 1.165) is 41.6 Å². The van der Waals surface area contributed by atoms with Gasteiger partial charge in [-0.25, -0.2) is 0 Å². The molecule has 0 atom stereocenters. The molecule has 0 amide bonds. The molecule has 0 spiro atoms. The van der Waals surface area contributed by atoms with Crippen LogP contribution in [0.15, 0.2) is 72.8 Å². The van der Waals surface area contributed by atoms with Crippen molar-refractivity contribution >= 4 is 11.6 Å². The van der Waals surface area contributed by atoms with Gasteiger partial charge in [0.25, 0.3) is 0 Å². The Morgan fingerprint density at radius 3 is 2.31 bits per heavy atom. The summed E-state index contributed by atoms with van der Waals surface area (Å²) >= 11 is 5.99. The Kier molecular flexibility index (Phi) is 5.33. The van der Waals surface area contributed by atoms with E-state index in [2.05, 4.69) is 53.4 Å². The first-order valence-corrected chi connectivity index (χ1v) is 9.65. The highest BCUT2D eigenvalue weighted by Gasteiger charge is 2.20. The van der Waals surface area contributed by atoms with E-state index in [1.165, 1.54) is 18.4 Å². The van der Waals surface area contributed by atoms with Gasteiger partial charge in [-0.2, -0.15) is 0 Å². The maximum absolute atomic E-state index is 5.99. The molecule has 1 aromatic heterocycles. The predicted octanol–water partition coefficient (Wildman–Crippen LogP) is 5.78. The molecule has 0 saturated carbocycles. The summed E-state index contributed by atoms with van der Waals surface area (Å²) in [5.41, 5.74) is 4.74. The van der Waals surface area contributed by atoms with Crippen molar-refractivity contribution in [2.24, 2.45) is 0 Å². The van der Waals surface area contributed by atoms with E-state index in [4.69, 9.17) is 16.6 Å². The minimum absolute atomic E-state index is 0.695. The average Bonchev–Trinajstić information content (AvgIpc) is 2.70. The van der Waals surface area contributed by atoms with Gasteiger partial charge in [0.1, 0.15) is 0 Å². The number of hydrogen-bond acceptors (Lipinski definition) is 2. The van der Waals surface area contributed by atoms with E-state index < -0.39 is 0 Å². The molecule has 132 valence electrons. The minimum Gasteiger partial charge on any atom is -0.297 e. The van der Waals surface area contributed by atoms with E-state index >= 15 is 0 Å². The lowest BCUT2D eigenvalue weighted by molar-refractivity contribution is 0.202. The van der Waals surface area contributed by atoms with Crippen LogP contribution in [0.4, 0.5) is 0 Å². The van der Waals surface area contributed by atoms with Crippen LogP contribution < -0.4 is 0 Å². The van der Waals surface area contributed by atoms with Crippen LogP contribution in [-0.4, -0.2) is 23.0 Å². The van der Waals surface area contributed by atoms with Gasteiger partial charge in [-0.3, -0.25) is 9.88 Å². The first kappa shape index (κ1) is 17.3. The maximum atomic E-state index is 5.99. The minimum atomic E-state index is 0.695. The number of rotatable bonds is 4. The van der Waals surface area contributed by atoms with Gasteiger partial charge in [0.15, 0.2) is 0 Å². The van der Waals surface area contributed by atoms with Gasteiger partial charge < -0.3 is 0 Å². The lowest BCUT2D eigenvalue weighted by Crippen LogP contribution is -2.32. The predicted molar refractivity (Wildman–Crippen MR) is 108 cm³/mol. The second-order valence-corrected chi connectivity index (χ2v) is 7.42. The lowest BCUT2D eigenvalue weighted by Gasteiger charge is -2.32. The summed E-state index contributed by atoms with van der Waals surface area (Å²) in [7, 11) is 0. The molecule has 3 aromatic rings. The Morgan fingerprint density at radius 1 is 0.846 bits per heavy atom. The van der Waals surface area contributed by atoms with Crippen LogP contribution in [0.3, 0.4) is 0 Å². The van der Waals surface area contributed by atoms with Gasteiger partial charge in [0.05, 0.1) is 11.4 Å².